The Balaban J connectivity index is 2.05. The van der Waals surface area contributed by atoms with Crippen LogP contribution in [0.15, 0.2) is 30.3 Å². The minimum atomic E-state index is -0.858. The SMILES string of the molecule is O=C(O)C[C@H](CC(=O)N1CCCC1)c1ccccc1. The maximum absolute atomic E-state index is 12.1. The number of carbonyl (C=O) groups excluding carboxylic acids is 1. The number of carbonyl (C=O) groups is 2. The van der Waals surface area contributed by atoms with Crippen LogP contribution in [0, 0.1) is 0 Å². The van der Waals surface area contributed by atoms with Crippen LogP contribution >= 0.6 is 0 Å². The Labute approximate surface area is 113 Å². The monoisotopic (exact) mass is 261 g/mol. The normalized spacial score (nSPS) is 16.3. The molecular formula is C15H19NO3. The molecule has 1 aromatic rings. The third kappa shape index (κ3) is 3.81. The molecule has 0 saturated carbocycles. The fourth-order valence-corrected chi connectivity index (χ4v) is 2.55. The smallest absolute Gasteiger partial charge is 0.303 e. The number of carboxylic acid groups (broad SMARTS) is 1. The van der Waals surface area contributed by atoms with Crippen molar-refractivity contribution >= 4 is 11.9 Å². The van der Waals surface area contributed by atoms with Gasteiger partial charge in [0.1, 0.15) is 0 Å². The van der Waals surface area contributed by atoms with Gasteiger partial charge in [0.15, 0.2) is 0 Å². The van der Waals surface area contributed by atoms with E-state index in [4.69, 9.17) is 5.11 Å². The van der Waals surface area contributed by atoms with Crippen molar-refractivity contribution < 1.29 is 14.7 Å². The van der Waals surface area contributed by atoms with Crippen molar-refractivity contribution in [3.8, 4) is 0 Å². The quantitative estimate of drug-likeness (QED) is 0.884. The lowest BCUT2D eigenvalue weighted by Gasteiger charge is -2.20. The van der Waals surface area contributed by atoms with Gasteiger partial charge in [0.2, 0.25) is 5.91 Å². The number of rotatable bonds is 5. The fraction of sp³-hybridized carbons (Fsp3) is 0.467. The molecule has 19 heavy (non-hydrogen) atoms. The van der Waals surface area contributed by atoms with Gasteiger partial charge in [-0.05, 0) is 18.4 Å². The molecule has 0 radical (unpaired) electrons. The van der Waals surface area contributed by atoms with Gasteiger partial charge in [0.25, 0.3) is 0 Å². The van der Waals surface area contributed by atoms with Gasteiger partial charge in [0.05, 0.1) is 6.42 Å². The first-order valence-electron chi connectivity index (χ1n) is 6.71. The Kier molecular flexibility index (Phi) is 4.55. The van der Waals surface area contributed by atoms with Crippen LogP contribution < -0.4 is 0 Å². The van der Waals surface area contributed by atoms with E-state index in [9.17, 15) is 9.59 Å². The van der Waals surface area contributed by atoms with Gasteiger partial charge in [-0.1, -0.05) is 30.3 Å². The third-order valence-electron chi connectivity index (χ3n) is 3.57. The van der Waals surface area contributed by atoms with Crippen molar-refractivity contribution in [1.29, 1.82) is 0 Å². The molecule has 4 nitrogen and oxygen atoms in total. The van der Waals surface area contributed by atoms with E-state index < -0.39 is 5.97 Å². The zero-order valence-corrected chi connectivity index (χ0v) is 10.9. The van der Waals surface area contributed by atoms with Gasteiger partial charge in [-0.25, -0.2) is 0 Å². The number of amides is 1. The van der Waals surface area contributed by atoms with E-state index in [-0.39, 0.29) is 24.7 Å². The average Bonchev–Trinajstić information content (AvgIpc) is 2.92. The van der Waals surface area contributed by atoms with Gasteiger partial charge in [-0.15, -0.1) is 0 Å². The minimum Gasteiger partial charge on any atom is -0.481 e. The molecule has 2 rings (SSSR count). The number of nitrogens with zero attached hydrogens (tertiary/aromatic N) is 1. The van der Waals surface area contributed by atoms with Crippen molar-refractivity contribution in [2.75, 3.05) is 13.1 Å². The zero-order valence-electron chi connectivity index (χ0n) is 10.9. The summed E-state index contributed by atoms with van der Waals surface area (Å²) in [5.41, 5.74) is 0.928. The second kappa shape index (κ2) is 6.36. The summed E-state index contributed by atoms with van der Waals surface area (Å²) in [6.45, 7) is 1.63. The molecule has 1 aromatic carbocycles. The summed E-state index contributed by atoms with van der Waals surface area (Å²) in [5, 5.41) is 9.00. The predicted octanol–water partition coefficient (Wildman–Crippen LogP) is 2.26. The van der Waals surface area contributed by atoms with E-state index in [1.165, 1.54) is 0 Å². The molecule has 0 aromatic heterocycles. The van der Waals surface area contributed by atoms with Crippen LogP contribution in [0.4, 0.5) is 0 Å². The molecular weight excluding hydrogens is 242 g/mol. The summed E-state index contributed by atoms with van der Waals surface area (Å²) in [7, 11) is 0. The topological polar surface area (TPSA) is 57.6 Å². The number of hydrogen-bond acceptors (Lipinski definition) is 2. The largest absolute Gasteiger partial charge is 0.481 e. The molecule has 1 amide bonds. The highest BCUT2D eigenvalue weighted by Crippen LogP contribution is 2.25. The highest BCUT2D eigenvalue weighted by atomic mass is 16.4. The molecule has 1 saturated heterocycles. The maximum Gasteiger partial charge on any atom is 0.303 e. The van der Waals surface area contributed by atoms with Gasteiger partial charge in [-0.2, -0.15) is 0 Å². The molecule has 4 heteroatoms. The first kappa shape index (κ1) is 13.6. The zero-order chi connectivity index (χ0) is 13.7. The molecule has 0 spiro atoms. The van der Waals surface area contributed by atoms with E-state index >= 15 is 0 Å². The van der Waals surface area contributed by atoms with Crippen molar-refractivity contribution in [2.45, 2.75) is 31.6 Å². The molecule has 1 aliphatic rings. The predicted molar refractivity (Wildman–Crippen MR) is 71.9 cm³/mol. The van der Waals surface area contributed by atoms with Crippen LogP contribution in [0.3, 0.4) is 0 Å². The van der Waals surface area contributed by atoms with Gasteiger partial charge < -0.3 is 10.0 Å². The Morgan fingerprint density at radius 3 is 2.32 bits per heavy atom. The van der Waals surface area contributed by atoms with Crippen molar-refractivity contribution in [2.24, 2.45) is 0 Å². The van der Waals surface area contributed by atoms with Gasteiger partial charge in [-0.3, -0.25) is 9.59 Å². The molecule has 1 heterocycles. The van der Waals surface area contributed by atoms with Crippen LogP contribution in [-0.2, 0) is 9.59 Å². The Bertz CT molecular complexity index is 438. The number of carboxylic acids is 1. The van der Waals surface area contributed by atoms with E-state index in [1.54, 1.807) is 0 Å². The van der Waals surface area contributed by atoms with Crippen molar-refractivity contribution in [3.63, 3.8) is 0 Å². The second-order valence-electron chi connectivity index (χ2n) is 5.00. The van der Waals surface area contributed by atoms with E-state index in [0.717, 1.165) is 31.5 Å². The lowest BCUT2D eigenvalue weighted by molar-refractivity contribution is -0.137. The summed E-state index contributed by atoms with van der Waals surface area (Å²) in [6.07, 6.45) is 2.40. The number of hydrogen-bond donors (Lipinski definition) is 1. The second-order valence-corrected chi connectivity index (χ2v) is 5.00. The van der Waals surface area contributed by atoms with Crippen LogP contribution in [0.2, 0.25) is 0 Å². The van der Waals surface area contributed by atoms with Crippen LogP contribution in [0.1, 0.15) is 37.2 Å². The lowest BCUT2D eigenvalue weighted by atomic mass is 9.92. The summed E-state index contributed by atoms with van der Waals surface area (Å²) in [6, 6.07) is 9.44. The van der Waals surface area contributed by atoms with E-state index in [0.29, 0.717) is 0 Å². The summed E-state index contributed by atoms with van der Waals surface area (Å²) >= 11 is 0. The minimum absolute atomic E-state index is 0.00356. The highest BCUT2D eigenvalue weighted by Gasteiger charge is 2.24. The summed E-state index contributed by atoms with van der Waals surface area (Å²) < 4.78 is 0. The van der Waals surface area contributed by atoms with Crippen LogP contribution in [-0.4, -0.2) is 35.0 Å². The molecule has 1 N–H and O–H groups in total. The lowest BCUT2D eigenvalue weighted by Crippen LogP contribution is -2.29. The Hall–Kier alpha value is -1.84. The van der Waals surface area contributed by atoms with Crippen molar-refractivity contribution in [1.82, 2.24) is 4.90 Å². The standard InChI is InChI=1S/C15H19NO3/c17-14(16-8-4-5-9-16)10-13(11-15(18)19)12-6-2-1-3-7-12/h1-3,6-7,13H,4-5,8-11H2,(H,18,19)/t13-/m0/s1. The van der Waals surface area contributed by atoms with Crippen LogP contribution in [0.5, 0.6) is 0 Å². The van der Waals surface area contributed by atoms with Crippen LogP contribution in [0.25, 0.3) is 0 Å². The Morgan fingerprint density at radius 2 is 1.74 bits per heavy atom. The summed E-state index contributed by atoms with van der Waals surface area (Å²) in [4.78, 5) is 24.9. The average molecular weight is 261 g/mol. The van der Waals surface area contributed by atoms with Crippen molar-refractivity contribution in [3.05, 3.63) is 35.9 Å². The number of likely N-dealkylation sites (tertiary alicyclic amines) is 1. The third-order valence-corrected chi connectivity index (χ3v) is 3.57. The number of benzene rings is 1. The fourth-order valence-electron chi connectivity index (χ4n) is 2.55. The van der Waals surface area contributed by atoms with Gasteiger partial charge >= 0.3 is 5.97 Å². The van der Waals surface area contributed by atoms with Gasteiger partial charge in [0, 0.05) is 25.4 Å². The molecule has 0 aliphatic carbocycles. The highest BCUT2D eigenvalue weighted by molar-refractivity contribution is 5.78. The molecule has 1 atom stereocenters. The molecule has 1 fully saturated rings. The summed E-state index contributed by atoms with van der Waals surface area (Å²) in [5.74, 6) is -1.01. The first-order chi connectivity index (χ1) is 9.16. The van der Waals surface area contributed by atoms with E-state index in [1.807, 2.05) is 35.2 Å². The molecule has 0 unspecified atom stereocenters. The molecule has 102 valence electrons. The van der Waals surface area contributed by atoms with E-state index in [2.05, 4.69) is 0 Å². The number of aliphatic carboxylic acids is 1. The molecule has 1 aliphatic heterocycles. The maximum atomic E-state index is 12.1. The Morgan fingerprint density at radius 1 is 1.11 bits per heavy atom. The molecule has 0 bridgehead atoms. The first-order valence-corrected chi connectivity index (χ1v) is 6.71.